The van der Waals surface area contributed by atoms with Crippen molar-refractivity contribution in [2.24, 2.45) is 0 Å². The van der Waals surface area contributed by atoms with Gasteiger partial charge >= 0.3 is 0 Å². The zero-order valence-electron chi connectivity index (χ0n) is 7.19. The van der Waals surface area contributed by atoms with Gasteiger partial charge in [-0.3, -0.25) is 0 Å². The third-order valence-corrected chi connectivity index (χ3v) is 1.38. The molecule has 0 aliphatic rings. The molecule has 0 N–H and O–H groups in total. The molecule has 0 rings (SSSR count). The van der Waals surface area contributed by atoms with Crippen molar-refractivity contribution in [2.75, 3.05) is 0 Å². The van der Waals surface area contributed by atoms with Gasteiger partial charge in [0.05, 0.1) is 0 Å². The fourth-order valence-electron chi connectivity index (χ4n) is 0.806. The third kappa shape index (κ3) is 7.48. The van der Waals surface area contributed by atoms with Crippen molar-refractivity contribution in [1.82, 2.24) is 0 Å². The Balaban J connectivity index is 3.05. The van der Waals surface area contributed by atoms with E-state index in [1.807, 2.05) is 0 Å². The maximum atomic E-state index is 3.85. The highest BCUT2D eigenvalue weighted by molar-refractivity contribution is 4.89. The molecule has 0 aliphatic carbocycles. The Hall–Kier alpha value is -0.520. The molecule has 0 nitrogen and oxygen atoms in total. The zero-order valence-corrected chi connectivity index (χ0v) is 7.19. The van der Waals surface area contributed by atoms with Crippen LogP contribution in [0.4, 0.5) is 0 Å². The molecule has 0 aliphatic heterocycles. The summed E-state index contributed by atoms with van der Waals surface area (Å²) in [6.07, 6.45) is 9.27. The van der Waals surface area contributed by atoms with Gasteiger partial charge in [-0.1, -0.05) is 24.6 Å². The molecule has 0 saturated carbocycles. The summed E-state index contributed by atoms with van der Waals surface area (Å²) in [6, 6.07) is 0. The lowest BCUT2D eigenvalue weighted by atomic mass is 10.1. The average molecular weight is 138 g/mol. The first-order valence-corrected chi connectivity index (χ1v) is 4.06. The van der Waals surface area contributed by atoms with Crippen molar-refractivity contribution in [3.8, 4) is 0 Å². The van der Waals surface area contributed by atoms with E-state index in [2.05, 4.69) is 32.6 Å². The van der Waals surface area contributed by atoms with Gasteiger partial charge in [-0.15, -0.1) is 6.58 Å². The van der Waals surface area contributed by atoms with Crippen LogP contribution in [-0.4, -0.2) is 0 Å². The van der Waals surface area contributed by atoms with Gasteiger partial charge in [-0.2, -0.15) is 0 Å². The smallest absolute Gasteiger partial charge is 0.0323 e. The SMILES string of the molecule is C=C(C)CCCC=CCC. The van der Waals surface area contributed by atoms with E-state index < -0.39 is 0 Å². The van der Waals surface area contributed by atoms with Crippen molar-refractivity contribution in [3.63, 3.8) is 0 Å². The van der Waals surface area contributed by atoms with Crippen molar-refractivity contribution >= 4 is 0 Å². The molecule has 0 aromatic rings. The van der Waals surface area contributed by atoms with Crippen LogP contribution in [0.3, 0.4) is 0 Å². The Kier molecular flexibility index (Phi) is 6.25. The first-order chi connectivity index (χ1) is 4.77. The average Bonchev–Trinajstić information content (AvgIpc) is 1.87. The molecule has 10 heavy (non-hydrogen) atoms. The molecule has 0 heterocycles. The van der Waals surface area contributed by atoms with E-state index in [1.54, 1.807) is 0 Å². The summed E-state index contributed by atoms with van der Waals surface area (Å²) in [5.74, 6) is 0. The highest BCUT2D eigenvalue weighted by Crippen LogP contribution is 2.03. The molecule has 0 saturated heterocycles. The van der Waals surface area contributed by atoms with E-state index in [0.29, 0.717) is 0 Å². The van der Waals surface area contributed by atoms with Gasteiger partial charge < -0.3 is 0 Å². The summed E-state index contributed by atoms with van der Waals surface area (Å²) in [7, 11) is 0. The molecule has 0 bridgehead atoms. The van der Waals surface area contributed by atoms with Gasteiger partial charge in [0, 0.05) is 0 Å². The van der Waals surface area contributed by atoms with Crippen LogP contribution in [0.25, 0.3) is 0 Å². The van der Waals surface area contributed by atoms with Gasteiger partial charge in [0.15, 0.2) is 0 Å². The lowest BCUT2D eigenvalue weighted by Crippen LogP contribution is -1.73. The second-order valence-electron chi connectivity index (χ2n) is 2.73. The fourth-order valence-corrected chi connectivity index (χ4v) is 0.806. The van der Waals surface area contributed by atoms with Crippen LogP contribution in [0.15, 0.2) is 24.3 Å². The van der Waals surface area contributed by atoms with Crippen LogP contribution in [0.2, 0.25) is 0 Å². The normalized spacial score (nSPS) is 10.6. The van der Waals surface area contributed by atoms with Crippen molar-refractivity contribution in [3.05, 3.63) is 24.3 Å². The molecule has 0 radical (unpaired) electrons. The minimum atomic E-state index is 1.16. The third-order valence-electron chi connectivity index (χ3n) is 1.38. The molecule has 0 aromatic carbocycles. The van der Waals surface area contributed by atoms with Crippen LogP contribution < -0.4 is 0 Å². The molecule has 0 heteroatoms. The number of allylic oxidation sites excluding steroid dienone is 3. The molecule has 58 valence electrons. The predicted octanol–water partition coefficient (Wildman–Crippen LogP) is 3.70. The molecular formula is C10H18. The Labute approximate surface area is 64.6 Å². The minimum absolute atomic E-state index is 1.16. The van der Waals surface area contributed by atoms with E-state index in [9.17, 15) is 0 Å². The summed E-state index contributed by atoms with van der Waals surface area (Å²) < 4.78 is 0. The molecule has 0 aromatic heterocycles. The number of hydrogen-bond donors (Lipinski definition) is 0. The number of unbranched alkanes of at least 4 members (excludes halogenated alkanes) is 1. The van der Waals surface area contributed by atoms with E-state index in [-0.39, 0.29) is 0 Å². The van der Waals surface area contributed by atoms with Crippen molar-refractivity contribution in [1.29, 1.82) is 0 Å². The Morgan fingerprint density at radius 2 is 2.10 bits per heavy atom. The summed E-state index contributed by atoms with van der Waals surface area (Å²) in [4.78, 5) is 0. The van der Waals surface area contributed by atoms with Gasteiger partial charge in [-0.05, 0) is 32.6 Å². The first kappa shape index (κ1) is 9.48. The number of hydrogen-bond acceptors (Lipinski definition) is 0. The Morgan fingerprint density at radius 3 is 2.60 bits per heavy atom. The summed E-state index contributed by atoms with van der Waals surface area (Å²) in [5, 5.41) is 0. The van der Waals surface area contributed by atoms with E-state index in [1.165, 1.54) is 24.8 Å². The minimum Gasteiger partial charge on any atom is -0.100 e. The van der Waals surface area contributed by atoms with Crippen LogP contribution in [0, 0.1) is 0 Å². The standard InChI is InChI=1S/C10H18/c1-4-5-6-7-8-9-10(2)3/h5-6H,2,4,7-9H2,1,3H3. The fraction of sp³-hybridized carbons (Fsp3) is 0.600. The quantitative estimate of drug-likeness (QED) is 0.401. The highest BCUT2D eigenvalue weighted by atomic mass is 13.9. The summed E-state index contributed by atoms with van der Waals surface area (Å²) >= 11 is 0. The van der Waals surface area contributed by atoms with Gasteiger partial charge in [-0.25, -0.2) is 0 Å². The summed E-state index contributed by atoms with van der Waals surface area (Å²) in [5.41, 5.74) is 1.30. The topological polar surface area (TPSA) is 0 Å². The maximum Gasteiger partial charge on any atom is -0.0323 e. The summed E-state index contributed by atoms with van der Waals surface area (Å²) in [6.45, 7) is 8.10. The monoisotopic (exact) mass is 138 g/mol. The molecular weight excluding hydrogens is 120 g/mol. The zero-order chi connectivity index (χ0) is 7.82. The van der Waals surface area contributed by atoms with E-state index in [4.69, 9.17) is 0 Å². The lowest BCUT2D eigenvalue weighted by molar-refractivity contribution is 0.832. The van der Waals surface area contributed by atoms with Crippen LogP contribution in [0.1, 0.15) is 39.5 Å². The van der Waals surface area contributed by atoms with Crippen molar-refractivity contribution in [2.45, 2.75) is 39.5 Å². The van der Waals surface area contributed by atoms with Crippen LogP contribution in [0.5, 0.6) is 0 Å². The Bertz CT molecular complexity index is 109. The lowest BCUT2D eigenvalue weighted by Gasteiger charge is -1.93. The first-order valence-electron chi connectivity index (χ1n) is 4.06. The largest absolute Gasteiger partial charge is 0.100 e. The van der Waals surface area contributed by atoms with Crippen LogP contribution >= 0.6 is 0 Å². The molecule has 0 fully saturated rings. The number of rotatable bonds is 5. The second kappa shape index (κ2) is 6.60. The van der Waals surface area contributed by atoms with Crippen LogP contribution in [-0.2, 0) is 0 Å². The van der Waals surface area contributed by atoms with Gasteiger partial charge in [0.2, 0.25) is 0 Å². The molecule has 0 unspecified atom stereocenters. The van der Waals surface area contributed by atoms with Gasteiger partial charge in [0.25, 0.3) is 0 Å². The predicted molar refractivity (Wildman–Crippen MR) is 48.1 cm³/mol. The molecule has 0 atom stereocenters. The van der Waals surface area contributed by atoms with Gasteiger partial charge in [0.1, 0.15) is 0 Å². The highest BCUT2D eigenvalue weighted by Gasteiger charge is 1.83. The molecule has 0 spiro atoms. The second-order valence-corrected chi connectivity index (χ2v) is 2.73. The maximum absolute atomic E-state index is 3.85. The van der Waals surface area contributed by atoms with E-state index in [0.717, 1.165) is 6.42 Å². The van der Waals surface area contributed by atoms with Crippen molar-refractivity contribution < 1.29 is 0 Å². The van der Waals surface area contributed by atoms with E-state index >= 15 is 0 Å². The Morgan fingerprint density at radius 1 is 1.40 bits per heavy atom. The molecule has 0 amide bonds.